The molecule has 1 fully saturated rings. The van der Waals surface area contributed by atoms with E-state index in [0.29, 0.717) is 18.7 Å². The lowest BCUT2D eigenvalue weighted by Crippen LogP contribution is -2.44. The van der Waals surface area contributed by atoms with Crippen molar-refractivity contribution in [3.05, 3.63) is 29.6 Å². The number of nitrogens with one attached hydrogen (secondary N) is 1. The second kappa shape index (κ2) is 9.15. The Hall–Kier alpha value is -1.66. The standard InChI is InChI=1S/C19H30FN3O2/c1-14(2)19(25-17(24)8-11-22(3)4)15-6-5-7-16(20)18(15)23-12-9-21-10-13-23/h5-7,14,19,21H,8-13H2,1-4H3. The van der Waals surface area contributed by atoms with Crippen LogP contribution < -0.4 is 10.2 Å². The van der Waals surface area contributed by atoms with Crippen molar-refractivity contribution < 1.29 is 13.9 Å². The molecule has 1 aliphatic heterocycles. The van der Waals surface area contributed by atoms with Gasteiger partial charge in [-0.05, 0) is 26.1 Å². The molecule has 1 saturated heterocycles. The number of para-hydroxylation sites is 1. The molecule has 1 aromatic rings. The van der Waals surface area contributed by atoms with Gasteiger partial charge in [0.15, 0.2) is 0 Å². The molecule has 0 amide bonds. The summed E-state index contributed by atoms with van der Waals surface area (Å²) < 4.78 is 20.4. The molecule has 1 N–H and O–H groups in total. The highest BCUT2D eigenvalue weighted by atomic mass is 19.1. The second-order valence-corrected chi connectivity index (χ2v) is 7.12. The van der Waals surface area contributed by atoms with Crippen LogP contribution >= 0.6 is 0 Å². The number of rotatable bonds is 7. The molecule has 1 aromatic carbocycles. The number of carbonyl (C=O) groups excluding carboxylic acids is 1. The molecule has 0 radical (unpaired) electrons. The zero-order valence-electron chi connectivity index (χ0n) is 15.7. The molecule has 2 rings (SSSR count). The smallest absolute Gasteiger partial charge is 0.307 e. The Morgan fingerprint density at radius 3 is 2.60 bits per heavy atom. The van der Waals surface area contributed by atoms with Crippen molar-refractivity contribution in [1.82, 2.24) is 10.2 Å². The Balaban J connectivity index is 2.25. The first-order valence-electron chi connectivity index (χ1n) is 8.98. The number of halogens is 1. The van der Waals surface area contributed by atoms with Crippen molar-refractivity contribution in [2.45, 2.75) is 26.4 Å². The van der Waals surface area contributed by atoms with Gasteiger partial charge in [0.1, 0.15) is 11.9 Å². The summed E-state index contributed by atoms with van der Waals surface area (Å²) in [7, 11) is 3.84. The monoisotopic (exact) mass is 351 g/mol. The molecule has 1 aliphatic rings. The van der Waals surface area contributed by atoms with Gasteiger partial charge in [0.25, 0.3) is 0 Å². The van der Waals surface area contributed by atoms with Crippen LogP contribution in [0.2, 0.25) is 0 Å². The SMILES string of the molecule is CC(C)C(OC(=O)CCN(C)C)c1cccc(F)c1N1CCNCC1. The van der Waals surface area contributed by atoms with Crippen LogP contribution in [0.15, 0.2) is 18.2 Å². The average Bonchev–Trinajstić information content (AvgIpc) is 2.58. The number of hydrogen-bond acceptors (Lipinski definition) is 5. The van der Waals surface area contributed by atoms with Crippen molar-refractivity contribution in [1.29, 1.82) is 0 Å². The lowest BCUT2D eigenvalue weighted by Gasteiger charge is -2.34. The molecular weight excluding hydrogens is 321 g/mol. The summed E-state index contributed by atoms with van der Waals surface area (Å²) in [5, 5.41) is 3.28. The van der Waals surface area contributed by atoms with Crippen molar-refractivity contribution in [2.75, 3.05) is 51.7 Å². The summed E-state index contributed by atoms with van der Waals surface area (Å²) in [6.07, 6.45) is -0.121. The average molecular weight is 351 g/mol. The van der Waals surface area contributed by atoms with E-state index in [0.717, 1.165) is 31.7 Å². The van der Waals surface area contributed by atoms with E-state index in [1.807, 2.05) is 43.8 Å². The predicted octanol–water partition coefficient (Wildman–Crippen LogP) is 2.43. The largest absolute Gasteiger partial charge is 0.457 e. The molecule has 0 saturated carbocycles. The number of esters is 1. The Morgan fingerprint density at radius 1 is 1.32 bits per heavy atom. The number of carbonyl (C=O) groups is 1. The zero-order valence-corrected chi connectivity index (χ0v) is 15.7. The summed E-state index contributed by atoms with van der Waals surface area (Å²) in [6, 6.07) is 5.05. The number of ether oxygens (including phenoxy) is 1. The van der Waals surface area contributed by atoms with Crippen LogP contribution in [0.25, 0.3) is 0 Å². The quantitative estimate of drug-likeness (QED) is 0.765. The van der Waals surface area contributed by atoms with Gasteiger partial charge >= 0.3 is 5.97 Å². The first-order chi connectivity index (χ1) is 11.9. The minimum atomic E-state index is -0.449. The predicted molar refractivity (Wildman–Crippen MR) is 98.3 cm³/mol. The first kappa shape index (κ1) is 19.7. The van der Waals surface area contributed by atoms with Crippen LogP contribution in [0.1, 0.15) is 31.9 Å². The highest BCUT2D eigenvalue weighted by Crippen LogP contribution is 2.36. The normalized spacial score (nSPS) is 16.4. The molecular formula is C19H30FN3O2. The van der Waals surface area contributed by atoms with E-state index in [9.17, 15) is 9.18 Å². The minimum absolute atomic E-state index is 0.0618. The fraction of sp³-hybridized carbons (Fsp3) is 0.632. The Bertz CT molecular complexity index is 572. The molecule has 1 heterocycles. The third kappa shape index (κ3) is 5.41. The maximum atomic E-state index is 14.6. The summed E-state index contributed by atoms with van der Waals surface area (Å²) >= 11 is 0. The van der Waals surface area contributed by atoms with Gasteiger partial charge in [-0.25, -0.2) is 4.39 Å². The van der Waals surface area contributed by atoms with Crippen molar-refractivity contribution in [3.8, 4) is 0 Å². The van der Waals surface area contributed by atoms with Gasteiger partial charge in [0.05, 0.1) is 12.1 Å². The Morgan fingerprint density at radius 2 is 2.00 bits per heavy atom. The molecule has 0 aliphatic carbocycles. The summed E-state index contributed by atoms with van der Waals surface area (Å²) in [4.78, 5) is 16.2. The summed E-state index contributed by atoms with van der Waals surface area (Å²) in [5.41, 5.74) is 1.33. The van der Waals surface area contributed by atoms with E-state index < -0.39 is 6.10 Å². The lowest BCUT2D eigenvalue weighted by atomic mass is 9.96. The number of hydrogen-bond donors (Lipinski definition) is 1. The van der Waals surface area contributed by atoms with Crippen LogP contribution in [0.4, 0.5) is 10.1 Å². The van der Waals surface area contributed by atoms with E-state index >= 15 is 0 Å². The lowest BCUT2D eigenvalue weighted by molar-refractivity contribution is -0.152. The number of anilines is 1. The Kier molecular flexibility index (Phi) is 7.20. The molecule has 1 unspecified atom stereocenters. The minimum Gasteiger partial charge on any atom is -0.457 e. The van der Waals surface area contributed by atoms with Crippen LogP contribution in [-0.2, 0) is 9.53 Å². The van der Waals surface area contributed by atoms with Gasteiger partial charge in [-0.3, -0.25) is 4.79 Å². The zero-order chi connectivity index (χ0) is 18.4. The van der Waals surface area contributed by atoms with E-state index in [1.54, 1.807) is 6.07 Å². The highest BCUT2D eigenvalue weighted by Gasteiger charge is 2.27. The van der Waals surface area contributed by atoms with Crippen LogP contribution in [0.3, 0.4) is 0 Å². The van der Waals surface area contributed by atoms with Crippen LogP contribution in [0, 0.1) is 11.7 Å². The molecule has 1 atom stereocenters. The number of piperazine rings is 1. The van der Waals surface area contributed by atoms with Crippen molar-refractivity contribution in [2.24, 2.45) is 5.92 Å². The van der Waals surface area contributed by atoms with Gasteiger partial charge < -0.3 is 19.9 Å². The van der Waals surface area contributed by atoms with Crippen molar-refractivity contribution in [3.63, 3.8) is 0 Å². The van der Waals surface area contributed by atoms with Crippen LogP contribution in [-0.4, -0.2) is 57.7 Å². The van der Waals surface area contributed by atoms with Gasteiger partial charge in [0, 0.05) is 38.3 Å². The maximum absolute atomic E-state index is 14.6. The van der Waals surface area contributed by atoms with Gasteiger partial charge in [0.2, 0.25) is 0 Å². The highest BCUT2D eigenvalue weighted by molar-refractivity contribution is 5.70. The topological polar surface area (TPSA) is 44.8 Å². The molecule has 0 bridgehead atoms. The fourth-order valence-electron chi connectivity index (χ4n) is 3.06. The van der Waals surface area contributed by atoms with Crippen LogP contribution in [0.5, 0.6) is 0 Å². The van der Waals surface area contributed by atoms with E-state index in [-0.39, 0.29) is 17.7 Å². The summed E-state index contributed by atoms with van der Waals surface area (Å²) in [6.45, 7) is 7.76. The molecule has 0 aromatic heterocycles. The Labute approximate surface area is 150 Å². The molecule has 6 heteroatoms. The van der Waals surface area contributed by atoms with Gasteiger partial charge in [-0.15, -0.1) is 0 Å². The van der Waals surface area contributed by atoms with Gasteiger partial charge in [-0.2, -0.15) is 0 Å². The second-order valence-electron chi connectivity index (χ2n) is 7.12. The summed E-state index contributed by atoms with van der Waals surface area (Å²) in [5.74, 6) is -0.441. The fourth-order valence-corrected chi connectivity index (χ4v) is 3.06. The van der Waals surface area contributed by atoms with E-state index in [4.69, 9.17) is 4.74 Å². The first-order valence-corrected chi connectivity index (χ1v) is 8.98. The number of benzene rings is 1. The maximum Gasteiger partial charge on any atom is 0.307 e. The van der Waals surface area contributed by atoms with Gasteiger partial charge in [-0.1, -0.05) is 26.0 Å². The number of nitrogens with zero attached hydrogens (tertiary/aromatic N) is 2. The molecule has 140 valence electrons. The van der Waals surface area contributed by atoms with Crippen molar-refractivity contribution >= 4 is 11.7 Å². The molecule has 0 spiro atoms. The molecule has 25 heavy (non-hydrogen) atoms. The molecule has 5 nitrogen and oxygen atoms in total. The third-order valence-corrected chi connectivity index (χ3v) is 4.38. The third-order valence-electron chi connectivity index (χ3n) is 4.38. The van der Waals surface area contributed by atoms with E-state index in [1.165, 1.54) is 6.07 Å². The van der Waals surface area contributed by atoms with E-state index in [2.05, 4.69) is 5.32 Å².